The van der Waals surface area contributed by atoms with Gasteiger partial charge in [-0.15, -0.1) is 0 Å². The summed E-state index contributed by atoms with van der Waals surface area (Å²) >= 11 is 0. The van der Waals surface area contributed by atoms with Gasteiger partial charge < -0.3 is 20.3 Å². The number of carbonyl (C=O) groups is 2. The third kappa shape index (κ3) is 5.24. The van der Waals surface area contributed by atoms with Crippen molar-refractivity contribution in [3.63, 3.8) is 0 Å². The van der Waals surface area contributed by atoms with E-state index in [1.807, 2.05) is 0 Å². The molecule has 0 saturated heterocycles. The van der Waals surface area contributed by atoms with Gasteiger partial charge in [-0.2, -0.15) is 0 Å². The summed E-state index contributed by atoms with van der Waals surface area (Å²) in [5.74, 6) is -0.971. The number of carboxylic acid groups (broad SMARTS) is 1. The second kappa shape index (κ2) is 7.25. The Balaban J connectivity index is 2.19. The monoisotopic (exact) mass is 343 g/mol. The molecular formula is C19H21NO5. The molecule has 2 rings (SSSR count). The molecule has 2 aromatic rings. The molecule has 0 bridgehead atoms. The molecular weight excluding hydrogens is 322 g/mol. The highest BCUT2D eigenvalue weighted by Gasteiger charge is 2.16. The van der Waals surface area contributed by atoms with Crippen LogP contribution in [0, 0.1) is 0 Å². The number of alkyl carbamates (subject to hydrolysis) is 1. The third-order valence-corrected chi connectivity index (χ3v) is 3.34. The maximum Gasteiger partial charge on any atom is 0.407 e. The minimum atomic E-state index is -1.01. The Morgan fingerprint density at radius 2 is 1.76 bits per heavy atom. The summed E-state index contributed by atoms with van der Waals surface area (Å²) in [6.07, 6.45) is -0.579. The number of ether oxygens (including phenoxy) is 1. The van der Waals surface area contributed by atoms with Crippen LogP contribution in [0.15, 0.2) is 42.5 Å². The molecule has 25 heavy (non-hydrogen) atoms. The molecule has 0 aliphatic heterocycles. The van der Waals surface area contributed by atoms with Crippen LogP contribution in [-0.4, -0.2) is 27.9 Å². The van der Waals surface area contributed by atoms with Gasteiger partial charge in [0.15, 0.2) is 0 Å². The number of phenolic OH excluding ortho intramolecular Hbond substituents is 1. The quantitative estimate of drug-likeness (QED) is 0.785. The van der Waals surface area contributed by atoms with E-state index in [1.165, 1.54) is 12.1 Å². The fourth-order valence-electron chi connectivity index (χ4n) is 2.22. The number of carbonyl (C=O) groups excluding carboxylic acids is 1. The molecule has 0 unspecified atom stereocenters. The fourth-order valence-corrected chi connectivity index (χ4v) is 2.22. The van der Waals surface area contributed by atoms with Crippen molar-refractivity contribution in [2.75, 3.05) is 0 Å². The van der Waals surface area contributed by atoms with Gasteiger partial charge in [-0.25, -0.2) is 9.59 Å². The lowest BCUT2D eigenvalue weighted by Gasteiger charge is -2.20. The first-order valence-electron chi connectivity index (χ1n) is 7.78. The van der Waals surface area contributed by atoms with Crippen LogP contribution in [0.25, 0.3) is 11.1 Å². The number of carboxylic acids is 1. The first-order chi connectivity index (χ1) is 11.7. The molecule has 3 N–H and O–H groups in total. The minimum absolute atomic E-state index is 0.0363. The van der Waals surface area contributed by atoms with Crippen LogP contribution in [0.4, 0.5) is 4.79 Å². The standard InChI is InChI=1S/C19H21NO5/c1-19(2,3)25-18(24)20-11-15-10-13(7-8-16(15)21)12-5-4-6-14(9-12)17(22)23/h4-10,21H,11H2,1-3H3,(H,20,24)(H,22,23). The maximum absolute atomic E-state index is 11.7. The van der Waals surface area contributed by atoms with Gasteiger partial charge in [-0.1, -0.05) is 18.2 Å². The number of rotatable bonds is 4. The van der Waals surface area contributed by atoms with Crippen molar-refractivity contribution in [1.29, 1.82) is 0 Å². The highest BCUT2D eigenvalue weighted by atomic mass is 16.6. The Morgan fingerprint density at radius 1 is 1.08 bits per heavy atom. The van der Waals surface area contributed by atoms with Crippen molar-refractivity contribution in [3.05, 3.63) is 53.6 Å². The summed E-state index contributed by atoms with van der Waals surface area (Å²) in [4.78, 5) is 22.8. The number of hydrogen-bond acceptors (Lipinski definition) is 4. The normalized spacial score (nSPS) is 11.0. The van der Waals surface area contributed by atoms with Crippen molar-refractivity contribution < 1.29 is 24.5 Å². The molecule has 0 aliphatic carbocycles. The van der Waals surface area contributed by atoms with Gasteiger partial charge in [-0.05, 0) is 56.2 Å². The van der Waals surface area contributed by atoms with E-state index in [9.17, 15) is 14.7 Å². The van der Waals surface area contributed by atoms with E-state index >= 15 is 0 Å². The molecule has 0 radical (unpaired) electrons. The van der Waals surface area contributed by atoms with Gasteiger partial charge in [0.05, 0.1) is 5.56 Å². The van der Waals surface area contributed by atoms with Crippen molar-refractivity contribution in [3.8, 4) is 16.9 Å². The number of phenols is 1. The SMILES string of the molecule is CC(C)(C)OC(=O)NCc1cc(-c2cccc(C(=O)O)c2)ccc1O. The maximum atomic E-state index is 11.7. The Morgan fingerprint density at radius 3 is 2.40 bits per heavy atom. The third-order valence-electron chi connectivity index (χ3n) is 3.34. The van der Waals surface area contributed by atoms with Crippen LogP contribution in [0.3, 0.4) is 0 Å². The summed E-state index contributed by atoms with van der Waals surface area (Å²) in [5.41, 5.74) is 1.52. The summed E-state index contributed by atoms with van der Waals surface area (Å²) in [6.45, 7) is 5.38. The van der Waals surface area contributed by atoms with E-state index in [0.717, 1.165) is 5.56 Å². The molecule has 1 amide bonds. The van der Waals surface area contributed by atoms with Crippen LogP contribution < -0.4 is 5.32 Å². The molecule has 0 atom stereocenters. The number of aromatic carboxylic acids is 1. The molecule has 0 aromatic heterocycles. The molecule has 0 aliphatic rings. The van der Waals surface area contributed by atoms with Gasteiger partial charge in [0, 0.05) is 12.1 Å². The van der Waals surface area contributed by atoms with Gasteiger partial charge in [0.25, 0.3) is 0 Å². The Kier molecular flexibility index (Phi) is 5.32. The highest BCUT2D eigenvalue weighted by Crippen LogP contribution is 2.26. The van der Waals surface area contributed by atoms with Crippen molar-refractivity contribution in [2.24, 2.45) is 0 Å². The zero-order chi connectivity index (χ0) is 18.6. The number of aromatic hydroxyl groups is 1. The molecule has 0 fully saturated rings. The number of benzene rings is 2. The number of hydrogen-bond donors (Lipinski definition) is 3. The lowest BCUT2D eigenvalue weighted by molar-refractivity contribution is 0.0522. The Bertz CT molecular complexity index is 793. The lowest BCUT2D eigenvalue weighted by atomic mass is 10.0. The van der Waals surface area contributed by atoms with Crippen molar-refractivity contribution in [1.82, 2.24) is 5.32 Å². The largest absolute Gasteiger partial charge is 0.508 e. The van der Waals surface area contributed by atoms with Gasteiger partial charge in [0.1, 0.15) is 11.4 Å². The molecule has 0 heterocycles. The molecule has 2 aromatic carbocycles. The van der Waals surface area contributed by atoms with E-state index in [2.05, 4.69) is 5.32 Å². The average Bonchev–Trinajstić information content (AvgIpc) is 2.52. The first kappa shape index (κ1) is 18.3. The van der Waals surface area contributed by atoms with Crippen LogP contribution in [0.1, 0.15) is 36.7 Å². The van der Waals surface area contributed by atoms with E-state index < -0.39 is 17.7 Å². The fraction of sp³-hybridized carbons (Fsp3) is 0.263. The van der Waals surface area contributed by atoms with E-state index in [4.69, 9.17) is 9.84 Å². The van der Waals surface area contributed by atoms with Crippen LogP contribution in [-0.2, 0) is 11.3 Å². The predicted molar refractivity (Wildman–Crippen MR) is 93.6 cm³/mol. The second-order valence-electron chi connectivity index (χ2n) is 6.58. The molecule has 0 saturated carbocycles. The summed E-state index contributed by atoms with van der Waals surface area (Å²) in [5, 5.41) is 21.7. The smallest absolute Gasteiger partial charge is 0.407 e. The summed E-state index contributed by atoms with van der Waals surface area (Å²) in [7, 11) is 0. The van der Waals surface area contributed by atoms with Crippen molar-refractivity contribution in [2.45, 2.75) is 32.9 Å². The van der Waals surface area contributed by atoms with E-state index in [0.29, 0.717) is 11.1 Å². The van der Waals surface area contributed by atoms with Crippen molar-refractivity contribution >= 4 is 12.1 Å². The van der Waals surface area contributed by atoms with Gasteiger partial charge >= 0.3 is 12.1 Å². The minimum Gasteiger partial charge on any atom is -0.508 e. The number of amides is 1. The van der Waals surface area contributed by atoms with Crippen LogP contribution in [0.5, 0.6) is 5.75 Å². The van der Waals surface area contributed by atoms with Crippen LogP contribution >= 0.6 is 0 Å². The highest BCUT2D eigenvalue weighted by molar-refractivity contribution is 5.89. The van der Waals surface area contributed by atoms with E-state index in [-0.39, 0.29) is 17.9 Å². The molecule has 132 valence electrons. The predicted octanol–water partition coefficient (Wildman–Crippen LogP) is 3.78. The molecule has 6 nitrogen and oxygen atoms in total. The topological polar surface area (TPSA) is 95.9 Å². The zero-order valence-electron chi connectivity index (χ0n) is 14.4. The van der Waals surface area contributed by atoms with E-state index in [1.54, 1.807) is 51.1 Å². The second-order valence-corrected chi connectivity index (χ2v) is 6.58. The lowest BCUT2D eigenvalue weighted by Crippen LogP contribution is -2.32. The Labute approximate surface area is 146 Å². The average molecular weight is 343 g/mol. The zero-order valence-corrected chi connectivity index (χ0v) is 14.4. The molecule has 0 spiro atoms. The Hall–Kier alpha value is -3.02. The number of nitrogens with one attached hydrogen (secondary N) is 1. The molecule has 6 heteroatoms. The summed E-state index contributed by atoms with van der Waals surface area (Å²) < 4.78 is 5.16. The van der Waals surface area contributed by atoms with Gasteiger partial charge in [-0.3, -0.25) is 0 Å². The summed E-state index contributed by atoms with van der Waals surface area (Å²) in [6, 6.07) is 11.4. The van der Waals surface area contributed by atoms with Crippen LogP contribution in [0.2, 0.25) is 0 Å². The van der Waals surface area contributed by atoms with Gasteiger partial charge in [0.2, 0.25) is 0 Å². The first-order valence-corrected chi connectivity index (χ1v) is 7.78.